The summed E-state index contributed by atoms with van der Waals surface area (Å²) in [4.78, 5) is 30.1. The highest BCUT2D eigenvalue weighted by Gasteiger charge is 2.16. The normalized spacial score (nSPS) is 13.6. The third-order valence-electron chi connectivity index (χ3n) is 4.77. The predicted molar refractivity (Wildman–Crippen MR) is 114 cm³/mol. The van der Waals surface area contributed by atoms with Crippen molar-refractivity contribution >= 4 is 23.3 Å². The van der Waals surface area contributed by atoms with E-state index in [1.165, 1.54) is 0 Å². The van der Waals surface area contributed by atoms with Gasteiger partial charge in [-0.1, -0.05) is 24.3 Å². The topological polar surface area (TPSA) is 115 Å². The van der Waals surface area contributed by atoms with E-state index in [4.69, 9.17) is 0 Å². The zero-order valence-electron chi connectivity index (χ0n) is 16.6. The fourth-order valence-corrected chi connectivity index (χ4v) is 3.25. The minimum atomic E-state index is -0.296. The number of urea groups is 1. The van der Waals surface area contributed by atoms with Gasteiger partial charge in [-0.15, -0.1) is 0 Å². The number of anilines is 2. The molecule has 1 fully saturated rings. The minimum Gasteiger partial charge on any atom is -0.360 e. The van der Waals surface area contributed by atoms with Crippen molar-refractivity contribution in [1.29, 1.82) is 0 Å². The molecule has 9 nitrogen and oxygen atoms in total. The lowest BCUT2D eigenvalue weighted by Crippen LogP contribution is -2.47. The van der Waals surface area contributed by atoms with E-state index in [-0.39, 0.29) is 11.9 Å². The molecular weight excluding hydrogens is 382 g/mol. The van der Waals surface area contributed by atoms with Crippen LogP contribution in [-0.4, -0.2) is 46.8 Å². The average molecular weight is 405 g/mol. The van der Waals surface area contributed by atoms with Crippen LogP contribution < -0.4 is 20.9 Å². The van der Waals surface area contributed by atoms with Crippen molar-refractivity contribution in [3.8, 4) is 11.4 Å². The molecule has 1 saturated heterocycles. The van der Waals surface area contributed by atoms with E-state index < -0.39 is 0 Å². The highest BCUT2D eigenvalue weighted by atomic mass is 16.2. The molecule has 0 spiro atoms. The maximum absolute atomic E-state index is 12.3. The van der Waals surface area contributed by atoms with Gasteiger partial charge in [0, 0.05) is 36.6 Å². The van der Waals surface area contributed by atoms with Gasteiger partial charge < -0.3 is 20.9 Å². The molecule has 2 aromatic carbocycles. The van der Waals surface area contributed by atoms with Crippen LogP contribution in [0.25, 0.3) is 11.4 Å². The molecule has 0 radical (unpaired) electrons. The van der Waals surface area contributed by atoms with Crippen molar-refractivity contribution < 1.29 is 9.59 Å². The molecule has 0 atom stereocenters. The maximum Gasteiger partial charge on any atom is 0.319 e. The summed E-state index contributed by atoms with van der Waals surface area (Å²) >= 11 is 0. The van der Waals surface area contributed by atoms with Crippen molar-refractivity contribution in [3.05, 3.63) is 59.9 Å². The Morgan fingerprint density at radius 3 is 2.77 bits per heavy atom. The first-order chi connectivity index (χ1) is 14.6. The van der Waals surface area contributed by atoms with Gasteiger partial charge in [0.25, 0.3) is 0 Å². The van der Waals surface area contributed by atoms with Crippen LogP contribution >= 0.6 is 0 Å². The maximum atomic E-state index is 12.3. The number of nitrogens with one attached hydrogen (secondary N) is 4. The number of amides is 3. The summed E-state index contributed by atoms with van der Waals surface area (Å²) in [5.74, 6) is 1.35. The van der Waals surface area contributed by atoms with Gasteiger partial charge in [-0.3, -0.25) is 9.89 Å². The average Bonchev–Trinajstić information content (AvgIpc) is 3.19. The van der Waals surface area contributed by atoms with Gasteiger partial charge in [-0.05, 0) is 36.8 Å². The van der Waals surface area contributed by atoms with Gasteiger partial charge in [0.2, 0.25) is 5.91 Å². The molecule has 1 aliphatic heterocycles. The van der Waals surface area contributed by atoms with Gasteiger partial charge in [0.05, 0.1) is 6.54 Å². The molecule has 30 heavy (non-hydrogen) atoms. The number of carbonyl (C=O) groups excluding carboxylic acids is 2. The first kappa shape index (κ1) is 19.4. The molecule has 1 aliphatic rings. The third kappa shape index (κ3) is 4.75. The smallest absolute Gasteiger partial charge is 0.319 e. The van der Waals surface area contributed by atoms with Crippen LogP contribution in [0.3, 0.4) is 0 Å². The first-order valence-electron chi connectivity index (χ1n) is 9.72. The van der Waals surface area contributed by atoms with E-state index >= 15 is 0 Å². The van der Waals surface area contributed by atoms with E-state index in [9.17, 15) is 9.59 Å². The Labute approximate surface area is 173 Å². The van der Waals surface area contributed by atoms with Crippen molar-refractivity contribution in [2.24, 2.45) is 0 Å². The standard InChI is InChI=1S/C21H23N7O2/c1-14-24-20(27-26-14)16-3-2-4-17(11-16)25-21(30)23-12-15-5-7-18(8-6-15)28-10-9-22-19(29)13-28/h2-8,11H,9-10,12-13H2,1H3,(H,22,29)(H2,23,25,30)(H,24,26,27). The van der Waals surface area contributed by atoms with Gasteiger partial charge in [0.1, 0.15) is 5.82 Å². The quantitative estimate of drug-likeness (QED) is 0.519. The zero-order valence-corrected chi connectivity index (χ0v) is 16.6. The van der Waals surface area contributed by atoms with Crippen molar-refractivity contribution in [3.63, 3.8) is 0 Å². The number of hydrogen-bond acceptors (Lipinski definition) is 5. The van der Waals surface area contributed by atoms with Crippen molar-refractivity contribution in [1.82, 2.24) is 25.8 Å². The molecule has 0 bridgehead atoms. The first-order valence-corrected chi connectivity index (χ1v) is 9.72. The Morgan fingerprint density at radius 1 is 1.20 bits per heavy atom. The summed E-state index contributed by atoms with van der Waals surface area (Å²) in [7, 11) is 0. The molecule has 3 aromatic rings. The van der Waals surface area contributed by atoms with Gasteiger partial charge in [0.15, 0.2) is 5.82 Å². The lowest BCUT2D eigenvalue weighted by molar-refractivity contribution is -0.120. The number of benzene rings is 2. The second-order valence-electron chi connectivity index (χ2n) is 7.07. The molecule has 3 amide bonds. The number of carbonyl (C=O) groups is 2. The second kappa shape index (κ2) is 8.64. The van der Waals surface area contributed by atoms with E-state index in [0.717, 1.165) is 29.2 Å². The SMILES string of the molecule is Cc1nc(-c2cccc(NC(=O)NCc3ccc(N4CCNC(=O)C4)cc3)c2)n[nH]1. The lowest BCUT2D eigenvalue weighted by Gasteiger charge is -2.28. The molecule has 154 valence electrons. The number of nitrogens with zero attached hydrogens (tertiary/aromatic N) is 3. The van der Waals surface area contributed by atoms with E-state index in [1.54, 1.807) is 0 Å². The molecule has 4 N–H and O–H groups in total. The third-order valence-corrected chi connectivity index (χ3v) is 4.77. The van der Waals surface area contributed by atoms with Crippen LogP contribution in [0.1, 0.15) is 11.4 Å². The minimum absolute atomic E-state index is 0.0333. The highest BCUT2D eigenvalue weighted by Crippen LogP contribution is 2.19. The summed E-state index contributed by atoms with van der Waals surface area (Å²) in [6.45, 7) is 4.04. The van der Waals surface area contributed by atoms with Gasteiger partial charge in [-0.25, -0.2) is 9.78 Å². The second-order valence-corrected chi connectivity index (χ2v) is 7.07. The fraction of sp³-hybridized carbons (Fsp3) is 0.238. The number of aryl methyl sites for hydroxylation is 1. The Hall–Kier alpha value is -3.88. The van der Waals surface area contributed by atoms with Crippen LogP contribution in [0.5, 0.6) is 0 Å². The van der Waals surface area contributed by atoms with Gasteiger partial charge >= 0.3 is 6.03 Å². The Balaban J connectivity index is 1.31. The Bertz CT molecular complexity index is 1050. The summed E-state index contributed by atoms with van der Waals surface area (Å²) in [5, 5.41) is 15.4. The number of hydrogen-bond donors (Lipinski definition) is 4. The highest BCUT2D eigenvalue weighted by molar-refractivity contribution is 5.90. The van der Waals surface area contributed by atoms with Gasteiger partial charge in [-0.2, -0.15) is 5.10 Å². The molecule has 9 heteroatoms. The monoisotopic (exact) mass is 405 g/mol. The molecule has 2 heterocycles. The summed E-state index contributed by atoms with van der Waals surface area (Å²) in [5.41, 5.74) is 3.45. The number of aromatic amines is 1. The summed E-state index contributed by atoms with van der Waals surface area (Å²) in [6.07, 6.45) is 0. The molecule has 0 aliphatic carbocycles. The molecular formula is C21H23N7O2. The largest absolute Gasteiger partial charge is 0.360 e. The zero-order chi connectivity index (χ0) is 20.9. The lowest BCUT2D eigenvalue weighted by atomic mass is 10.2. The van der Waals surface area contributed by atoms with E-state index in [0.29, 0.717) is 31.1 Å². The number of rotatable bonds is 5. The van der Waals surface area contributed by atoms with Crippen molar-refractivity contribution in [2.45, 2.75) is 13.5 Å². The van der Waals surface area contributed by atoms with Crippen LogP contribution in [0.15, 0.2) is 48.5 Å². The summed E-state index contributed by atoms with van der Waals surface area (Å²) < 4.78 is 0. The van der Waals surface area contributed by atoms with Crippen LogP contribution in [-0.2, 0) is 11.3 Å². The molecule has 0 unspecified atom stereocenters. The van der Waals surface area contributed by atoms with Crippen LogP contribution in [0, 0.1) is 6.92 Å². The Morgan fingerprint density at radius 2 is 2.03 bits per heavy atom. The number of piperazine rings is 1. The van der Waals surface area contributed by atoms with Crippen LogP contribution in [0.4, 0.5) is 16.2 Å². The summed E-state index contributed by atoms with van der Waals surface area (Å²) in [6, 6.07) is 14.9. The van der Waals surface area contributed by atoms with Crippen molar-refractivity contribution in [2.75, 3.05) is 29.9 Å². The predicted octanol–water partition coefficient (Wildman–Crippen LogP) is 2.04. The number of aromatic nitrogens is 3. The molecule has 4 rings (SSSR count). The van der Waals surface area contributed by atoms with E-state index in [2.05, 4.69) is 31.1 Å². The Kier molecular flexibility index (Phi) is 5.60. The number of H-pyrrole nitrogens is 1. The van der Waals surface area contributed by atoms with Crippen LogP contribution in [0.2, 0.25) is 0 Å². The molecule has 1 aromatic heterocycles. The molecule has 0 saturated carbocycles. The van der Waals surface area contributed by atoms with E-state index in [1.807, 2.05) is 60.4 Å². The fourth-order valence-electron chi connectivity index (χ4n) is 3.25.